The Morgan fingerprint density at radius 3 is 2.79 bits per heavy atom. The zero-order valence-electron chi connectivity index (χ0n) is 16.9. The van der Waals surface area contributed by atoms with E-state index >= 15 is 0 Å². The summed E-state index contributed by atoms with van der Waals surface area (Å²) in [6, 6.07) is 8.22. The molecule has 0 radical (unpaired) electrons. The maximum atomic E-state index is 11.3. The fourth-order valence-electron chi connectivity index (χ4n) is 3.53. The first-order chi connectivity index (χ1) is 13.9. The molecule has 7 nitrogen and oxygen atoms in total. The number of benzene rings is 1. The summed E-state index contributed by atoms with van der Waals surface area (Å²) < 4.78 is 11.8. The van der Waals surface area contributed by atoms with E-state index in [1.54, 1.807) is 7.11 Å². The van der Waals surface area contributed by atoms with Crippen LogP contribution < -0.4 is 14.8 Å². The van der Waals surface area contributed by atoms with Crippen LogP contribution >= 0.6 is 11.3 Å². The van der Waals surface area contributed by atoms with E-state index in [1.165, 1.54) is 18.3 Å². The number of hydrogen-bond donors (Lipinski definition) is 1. The molecule has 1 aliphatic rings. The monoisotopic (exact) mass is 412 g/mol. The van der Waals surface area contributed by atoms with Crippen LogP contribution in [0.4, 0.5) is 5.13 Å². The molecule has 1 aromatic carbocycles. The first-order valence-electron chi connectivity index (χ1n) is 9.52. The molecule has 1 saturated heterocycles. The maximum Gasteiger partial charge on any atom is 0.223 e. The van der Waals surface area contributed by atoms with Crippen LogP contribution in [0.25, 0.3) is 22.3 Å². The first-order valence-corrected chi connectivity index (χ1v) is 10.4. The lowest BCUT2D eigenvalue weighted by molar-refractivity contribution is -0.114. The number of amides is 1. The largest absolute Gasteiger partial charge is 0.497 e. The first kappa shape index (κ1) is 19.6. The molecule has 1 aliphatic heterocycles. The van der Waals surface area contributed by atoms with Gasteiger partial charge in [-0.2, -0.15) is 0 Å². The van der Waals surface area contributed by atoms with E-state index in [0.717, 1.165) is 35.4 Å². The van der Waals surface area contributed by atoms with Crippen LogP contribution in [0.5, 0.6) is 11.5 Å². The lowest BCUT2D eigenvalue weighted by Gasteiger charge is -2.16. The minimum Gasteiger partial charge on any atom is -0.497 e. The van der Waals surface area contributed by atoms with Crippen molar-refractivity contribution in [2.24, 2.45) is 0 Å². The van der Waals surface area contributed by atoms with Crippen LogP contribution in [0.3, 0.4) is 0 Å². The van der Waals surface area contributed by atoms with E-state index in [4.69, 9.17) is 14.5 Å². The Labute approximate surface area is 173 Å². The third-order valence-electron chi connectivity index (χ3n) is 5.17. The average Bonchev–Trinajstić information content (AvgIpc) is 3.27. The summed E-state index contributed by atoms with van der Waals surface area (Å²) in [5, 5.41) is 6.09. The molecule has 0 aliphatic carbocycles. The van der Waals surface area contributed by atoms with Gasteiger partial charge in [0.15, 0.2) is 5.13 Å². The van der Waals surface area contributed by atoms with Gasteiger partial charge < -0.3 is 14.8 Å². The lowest BCUT2D eigenvalue weighted by Crippen LogP contribution is -2.23. The van der Waals surface area contributed by atoms with Crippen molar-refractivity contribution in [3.63, 3.8) is 0 Å². The van der Waals surface area contributed by atoms with Gasteiger partial charge in [-0.15, -0.1) is 11.3 Å². The second kappa shape index (κ2) is 7.96. The summed E-state index contributed by atoms with van der Waals surface area (Å²) in [5.74, 6) is 1.37. The van der Waals surface area contributed by atoms with Gasteiger partial charge >= 0.3 is 0 Å². The second-order valence-corrected chi connectivity index (χ2v) is 8.23. The highest BCUT2D eigenvalue weighted by Gasteiger charge is 2.28. The fourth-order valence-corrected chi connectivity index (χ4v) is 4.28. The van der Waals surface area contributed by atoms with E-state index < -0.39 is 0 Å². The van der Waals surface area contributed by atoms with E-state index in [2.05, 4.69) is 29.2 Å². The summed E-state index contributed by atoms with van der Waals surface area (Å²) in [6.07, 6.45) is 1.11. The van der Waals surface area contributed by atoms with Crippen molar-refractivity contribution >= 4 is 33.3 Å². The zero-order chi connectivity index (χ0) is 20.5. The van der Waals surface area contributed by atoms with Gasteiger partial charge in [-0.05, 0) is 26.1 Å². The number of thiazole rings is 1. The van der Waals surface area contributed by atoms with Crippen molar-refractivity contribution in [3.05, 3.63) is 29.6 Å². The Kier molecular flexibility index (Phi) is 5.38. The highest BCUT2D eigenvalue weighted by atomic mass is 32.1. The van der Waals surface area contributed by atoms with Crippen LogP contribution in [0.15, 0.2) is 29.6 Å². The van der Waals surface area contributed by atoms with E-state index in [0.29, 0.717) is 22.6 Å². The standard InChI is InChI=1S/C21H24N4O3S/c1-12-7-15(10-25(12)3)28-20-9-18(19-11-29-21(24-19)22-13(2)26)23-17-8-14(27-4)5-6-16(17)20/h5-6,8-9,11-12,15H,7,10H2,1-4H3,(H,22,24,26). The summed E-state index contributed by atoms with van der Waals surface area (Å²) in [6.45, 7) is 4.57. The molecule has 29 heavy (non-hydrogen) atoms. The normalized spacial score (nSPS) is 19.4. The summed E-state index contributed by atoms with van der Waals surface area (Å²) in [4.78, 5) is 22.9. The van der Waals surface area contributed by atoms with E-state index in [9.17, 15) is 4.79 Å². The highest BCUT2D eigenvalue weighted by molar-refractivity contribution is 7.14. The smallest absolute Gasteiger partial charge is 0.223 e. The number of rotatable bonds is 5. The van der Waals surface area contributed by atoms with Gasteiger partial charge in [0, 0.05) is 48.8 Å². The fraction of sp³-hybridized carbons (Fsp3) is 0.381. The zero-order valence-corrected chi connectivity index (χ0v) is 17.7. The number of pyridine rings is 1. The van der Waals surface area contributed by atoms with E-state index in [-0.39, 0.29) is 12.0 Å². The van der Waals surface area contributed by atoms with Gasteiger partial charge in [-0.25, -0.2) is 9.97 Å². The molecule has 2 unspecified atom stereocenters. The maximum absolute atomic E-state index is 11.3. The summed E-state index contributed by atoms with van der Waals surface area (Å²) >= 11 is 1.37. The summed E-state index contributed by atoms with van der Waals surface area (Å²) in [5.41, 5.74) is 2.18. The highest BCUT2D eigenvalue weighted by Crippen LogP contribution is 2.35. The Bertz CT molecular complexity index is 1040. The molecule has 1 fully saturated rings. The predicted molar refractivity (Wildman–Crippen MR) is 115 cm³/mol. The number of hydrogen-bond acceptors (Lipinski definition) is 7. The SMILES string of the molecule is COc1ccc2c(OC3CC(C)N(C)C3)cc(-c3csc(NC(C)=O)n3)nc2c1. The van der Waals surface area contributed by atoms with Gasteiger partial charge in [-0.1, -0.05) is 0 Å². The Hall–Kier alpha value is -2.71. The van der Waals surface area contributed by atoms with Crippen LogP contribution in [0.2, 0.25) is 0 Å². The molecular formula is C21H24N4O3S. The molecular weight excluding hydrogens is 388 g/mol. The van der Waals surface area contributed by atoms with Crippen LogP contribution in [0.1, 0.15) is 20.3 Å². The molecule has 8 heteroatoms. The van der Waals surface area contributed by atoms with Gasteiger partial charge in [-0.3, -0.25) is 9.69 Å². The number of methoxy groups -OCH3 is 1. The Morgan fingerprint density at radius 1 is 1.28 bits per heavy atom. The predicted octanol–water partition coefficient (Wildman–Crippen LogP) is 3.80. The number of likely N-dealkylation sites (tertiary alicyclic amines) is 1. The van der Waals surface area contributed by atoms with Crippen molar-refractivity contribution in [2.75, 3.05) is 26.0 Å². The second-order valence-electron chi connectivity index (χ2n) is 7.37. The lowest BCUT2D eigenvalue weighted by atomic mass is 10.1. The minimum atomic E-state index is -0.148. The molecule has 2 atom stereocenters. The number of carbonyl (C=O) groups excluding carboxylic acids is 1. The Morgan fingerprint density at radius 2 is 2.10 bits per heavy atom. The molecule has 0 saturated carbocycles. The number of likely N-dealkylation sites (N-methyl/N-ethyl adjacent to an activating group) is 1. The molecule has 3 aromatic rings. The van der Waals surface area contributed by atoms with Crippen LogP contribution in [-0.2, 0) is 4.79 Å². The van der Waals surface area contributed by atoms with Crippen LogP contribution in [-0.4, -0.2) is 53.6 Å². The summed E-state index contributed by atoms with van der Waals surface area (Å²) in [7, 11) is 3.76. The molecule has 0 spiro atoms. The molecule has 1 amide bonds. The molecule has 3 heterocycles. The van der Waals surface area contributed by atoms with Gasteiger partial charge in [0.05, 0.1) is 18.3 Å². The van der Waals surface area contributed by atoms with Gasteiger partial charge in [0.25, 0.3) is 0 Å². The van der Waals surface area contributed by atoms with Crippen LogP contribution in [0, 0.1) is 0 Å². The van der Waals surface area contributed by atoms with Crippen molar-refractivity contribution in [2.45, 2.75) is 32.4 Å². The number of fused-ring (bicyclic) bond motifs is 1. The molecule has 152 valence electrons. The molecule has 2 aromatic heterocycles. The average molecular weight is 413 g/mol. The minimum absolute atomic E-state index is 0.126. The topological polar surface area (TPSA) is 76.6 Å². The van der Waals surface area contributed by atoms with Gasteiger partial charge in [0.1, 0.15) is 23.3 Å². The molecule has 4 rings (SSSR count). The van der Waals surface area contributed by atoms with Crippen molar-refractivity contribution in [1.29, 1.82) is 0 Å². The third-order valence-corrected chi connectivity index (χ3v) is 5.93. The molecule has 0 bridgehead atoms. The number of ether oxygens (including phenoxy) is 2. The van der Waals surface area contributed by atoms with Crippen molar-refractivity contribution < 1.29 is 14.3 Å². The van der Waals surface area contributed by atoms with Crippen molar-refractivity contribution in [3.8, 4) is 22.9 Å². The number of carbonyl (C=O) groups is 1. The molecule has 1 N–H and O–H groups in total. The van der Waals surface area contributed by atoms with Gasteiger partial charge in [0.2, 0.25) is 5.91 Å². The number of aromatic nitrogens is 2. The van der Waals surface area contributed by atoms with E-state index in [1.807, 2.05) is 29.6 Å². The Balaban J connectivity index is 1.74. The number of nitrogens with zero attached hydrogens (tertiary/aromatic N) is 3. The number of nitrogens with one attached hydrogen (secondary N) is 1. The van der Waals surface area contributed by atoms with Crippen molar-refractivity contribution in [1.82, 2.24) is 14.9 Å². The number of anilines is 1. The third kappa shape index (κ3) is 4.18. The quantitative estimate of drug-likeness (QED) is 0.687.